The number of carboxylic acids is 1. The molecule has 1 rings (SSSR count). The van der Waals surface area contributed by atoms with E-state index in [1.54, 1.807) is 4.72 Å². The number of benzene rings is 1. The molecule has 0 radical (unpaired) electrons. The second kappa shape index (κ2) is 6.54. The van der Waals surface area contributed by atoms with Gasteiger partial charge in [0.25, 0.3) is 5.92 Å². The molecule has 0 spiro atoms. The molecule has 0 amide bonds. The summed E-state index contributed by atoms with van der Waals surface area (Å²) in [5, 5.41) is 8.30. The van der Waals surface area contributed by atoms with Crippen molar-refractivity contribution in [3.05, 3.63) is 23.2 Å². The highest BCUT2D eigenvalue weighted by molar-refractivity contribution is 7.89. The van der Waals surface area contributed by atoms with Crippen LogP contribution in [0.5, 0.6) is 5.75 Å². The van der Waals surface area contributed by atoms with Gasteiger partial charge in [-0.1, -0.05) is 11.6 Å². The van der Waals surface area contributed by atoms with Crippen LogP contribution in [-0.4, -0.2) is 38.6 Å². The van der Waals surface area contributed by atoms with E-state index in [1.165, 1.54) is 0 Å². The maximum Gasteiger partial charge on any atom is 0.341 e. The first kappa shape index (κ1) is 17.6. The van der Waals surface area contributed by atoms with E-state index >= 15 is 0 Å². The van der Waals surface area contributed by atoms with Gasteiger partial charge in [0, 0.05) is 6.92 Å². The summed E-state index contributed by atoms with van der Waals surface area (Å²) >= 11 is 5.75. The predicted octanol–water partition coefficient (Wildman–Crippen LogP) is 1.74. The maximum atomic E-state index is 12.7. The second-order valence-electron chi connectivity index (χ2n) is 4.17. The number of nitrogens with one attached hydrogen (secondary N) is 1. The lowest BCUT2D eigenvalue weighted by molar-refractivity contribution is -0.139. The molecule has 0 aliphatic rings. The molecule has 0 saturated heterocycles. The summed E-state index contributed by atoms with van der Waals surface area (Å²) in [6, 6.07) is 3.19. The van der Waals surface area contributed by atoms with Crippen LogP contribution in [0.4, 0.5) is 8.78 Å². The normalized spacial score (nSPS) is 12.2. The van der Waals surface area contributed by atoms with Crippen LogP contribution in [-0.2, 0) is 14.8 Å². The Bertz CT molecular complexity index is 630. The number of aliphatic carboxylic acids is 1. The second-order valence-corrected chi connectivity index (χ2v) is 6.34. The van der Waals surface area contributed by atoms with E-state index in [2.05, 4.69) is 0 Å². The zero-order chi connectivity index (χ0) is 16.3. The number of hydrogen-bond acceptors (Lipinski definition) is 4. The number of ether oxygens (including phenoxy) is 1. The fourth-order valence-corrected chi connectivity index (χ4v) is 2.64. The van der Waals surface area contributed by atoms with Crippen molar-refractivity contribution >= 4 is 27.6 Å². The topological polar surface area (TPSA) is 92.7 Å². The molecule has 0 aliphatic heterocycles. The third-order valence-corrected chi connectivity index (χ3v) is 3.83. The van der Waals surface area contributed by atoms with E-state index in [0.717, 1.165) is 18.2 Å². The van der Waals surface area contributed by atoms with Crippen molar-refractivity contribution in [2.45, 2.75) is 17.7 Å². The van der Waals surface area contributed by atoms with Crippen LogP contribution >= 0.6 is 11.6 Å². The van der Waals surface area contributed by atoms with E-state index < -0.39 is 35.1 Å². The fourth-order valence-electron chi connectivity index (χ4n) is 1.21. The van der Waals surface area contributed by atoms with E-state index in [9.17, 15) is 22.0 Å². The minimum absolute atomic E-state index is 0.0289. The molecular formula is C11H12ClF2NO5S. The van der Waals surface area contributed by atoms with Gasteiger partial charge in [-0.3, -0.25) is 0 Å². The molecule has 0 saturated carbocycles. The van der Waals surface area contributed by atoms with Crippen molar-refractivity contribution in [1.82, 2.24) is 4.72 Å². The van der Waals surface area contributed by atoms with Gasteiger partial charge in [0.05, 0.1) is 16.5 Å². The van der Waals surface area contributed by atoms with Crippen LogP contribution in [0.15, 0.2) is 23.1 Å². The standard InChI is InChI=1S/C11H12ClF2NO5S/c1-11(13,14)6-15-21(18,19)7-2-3-9(8(12)4-7)20-5-10(16)17/h2-4,15H,5-6H2,1H3,(H,16,17). The Morgan fingerprint density at radius 2 is 2.10 bits per heavy atom. The summed E-state index contributed by atoms with van der Waals surface area (Å²) in [5.41, 5.74) is 0. The quantitative estimate of drug-likeness (QED) is 0.786. The van der Waals surface area contributed by atoms with Crippen LogP contribution in [0.3, 0.4) is 0 Å². The minimum Gasteiger partial charge on any atom is -0.480 e. The van der Waals surface area contributed by atoms with Crippen molar-refractivity contribution in [3.8, 4) is 5.75 Å². The molecule has 6 nitrogen and oxygen atoms in total. The van der Waals surface area contributed by atoms with Gasteiger partial charge >= 0.3 is 5.97 Å². The number of carboxylic acid groups (broad SMARTS) is 1. The van der Waals surface area contributed by atoms with Crippen LogP contribution in [0.25, 0.3) is 0 Å². The van der Waals surface area contributed by atoms with E-state index in [1.807, 2.05) is 0 Å². The molecule has 0 atom stereocenters. The Kier molecular flexibility index (Phi) is 5.48. The van der Waals surface area contributed by atoms with Crippen molar-refractivity contribution in [3.63, 3.8) is 0 Å². The molecular weight excluding hydrogens is 332 g/mol. The smallest absolute Gasteiger partial charge is 0.341 e. The van der Waals surface area contributed by atoms with E-state index in [4.69, 9.17) is 21.4 Å². The summed E-state index contributed by atoms with van der Waals surface area (Å²) in [6.45, 7) is -1.12. The molecule has 10 heteroatoms. The molecule has 0 fully saturated rings. The largest absolute Gasteiger partial charge is 0.480 e. The van der Waals surface area contributed by atoms with Gasteiger partial charge in [-0.2, -0.15) is 0 Å². The maximum absolute atomic E-state index is 12.7. The lowest BCUT2D eigenvalue weighted by atomic mass is 10.3. The Labute approximate surface area is 124 Å². The lowest BCUT2D eigenvalue weighted by Crippen LogP contribution is -2.34. The van der Waals surface area contributed by atoms with Gasteiger partial charge in [0.2, 0.25) is 10.0 Å². The highest BCUT2D eigenvalue weighted by Crippen LogP contribution is 2.27. The molecule has 118 valence electrons. The summed E-state index contributed by atoms with van der Waals surface area (Å²) in [7, 11) is -4.15. The van der Waals surface area contributed by atoms with Crippen LogP contribution in [0.2, 0.25) is 5.02 Å². The SMILES string of the molecule is CC(F)(F)CNS(=O)(=O)c1ccc(OCC(=O)O)c(Cl)c1. The average molecular weight is 344 g/mol. The molecule has 0 unspecified atom stereocenters. The van der Waals surface area contributed by atoms with Crippen LogP contribution < -0.4 is 9.46 Å². The van der Waals surface area contributed by atoms with Gasteiger partial charge in [-0.05, 0) is 18.2 Å². The Balaban J connectivity index is 2.89. The first-order chi connectivity index (χ1) is 9.51. The summed E-state index contributed by atoms with van der Waals surface area (Å²) in [4.78, 5) is 10.0. The van der Waals surface area contributed by atoms with Gasteiger partial charge < -0.3 is 9.84 Å². The lowest BCUT2D eigenvalue weighted by Gasteiger charge is -2.13. The Morgan fingerprint density at radius 1 is 1.48 bits per heavy atom. The fraction of sp³-hybridized carbons (Fsp3) is 0.364. The van der Waals surface area contributed by atoms with Gasteiger partial charge in [0.1, 0.15) is 5.75 Å². The summed E-state index contributed by atoms with van der Waals surface area (Å²) < 4.78 is 55.4. The van der Waals surface area contributed by atoms with E-state index in [-0.39, 0.29) is 15.7 Å². The Hall–Kier alpha value is -1.45. The molecule has 1 aromatic rings. The average Bonchev–Trinajstić information content (AvgIpc) is 2.34. The van der Waals surface area contributed by atoms with Crippen molar-refractivity contribution in [2.24, 2.45) is 0 Å². The number of halogens is 3. The Morgan fingerprint density at radius 3 is 2.57 bits per heavy atom. The van der Waals surface area contributed by atoms with Crippen molar-refractivity contribution in [1.29, 1.82) is 0 Å². The number of sulfonamides is 1. The van der Waals surface area contributed by atoms with Crippen LogP contribution in [0.1, 0.15) is 6.92 Å². The van der Waals surface area contributed by atoms with Crippen molar-refractivity contribution in [2.75, 3.05) is 13.2 Å². The molecule has 2 N–H and O–H groups in total. The molecule has 1 aromatic carbocycles. The predicted molar refractivity (Wildman–Crippen MR) is 70.4 cm³/mol. The molecule has 0 aromatic heterocycles. The highest BCUT2D eigenvalue weighted by atomic mass is 35.5. The van der Waals surface area contributed by atoms with Crippen molar-refractivity contribution < 1.29 is 31.8 Å². The summed E-state index contributed by atoms with van der Waals surface area (Å²) in [6.07, 6.45) is 0. The van der Waals surface area contributed by atoms with Gasteiger partial charge in [-0.25, -0.2) is 26.7 Å². The zero-order valence-corrected chi connectivity index (χ0v) is 12.3. The number of alkyl halides is 2. The minimum atomic E-state index is -4.15. The highest BCUT2D eigenvalue weighted by Gasteiger charge is 2.25. The summed E-state index contributed by atoms with van der Waals surface area (Å²) in [5.74, 6) is -4.45. The number of hydrogen-bond donors (Lipinski definition) is 2. The van der Waals surface area contributed by atoms with Gasteiger partial charge in [0.15, 0.2) is 6.61 Å². The molecule has 0 heterocycles. The van der Waals surface area contributed by atoms with Crippen LogP contribution in [0, 0.1) is 0 Å². The molecule has 21 heavy (non-hydrogen) atoms. The number of carbonyl (C=O) groups is 1. The van der Waals surface area contributed by atoms with Gasteiger partial charge in [-0.15, -0.1) is 0 Å². The third kappa shape index (κ3) is 5.82. The van der Waals surface area contributed by atoms with E-state index in [0.29, 0.717) is 6.92 Å². The number of rotatable bonds is 7. The first-order valence-corrected chi connectivity index (χ1v) is 7.39. The molecule has 0 bridgehead atoms. The first-order valence-electron chi connectivity index (χ1n) is 5.53. The molecule has 0 aliphatic carbocycles. The third-order valence-electron chi connectivity index (χ3n) is 2.14. The zero-order valence-electron chi connectivity index (χ0n) is 10.8. The monoisotopic (exact) mass is 343 g/mol.